The lowest BCUT2D eigenvalue weighted by molar-refractivity contribution is 1.19. The topological polar surface area (TPSA) is 23.9 Å². The SMILES string of the molecule is C/C(C1=CC(Cl)c2ccc(Cl)cc2C=C1Br)=C(\Cl)C=N.CC. The predicted molar refractivity (Wildman–Crippen MR) is 104 cm³/mol. The van der Waals surface area contributed by atoms with Gasteiger partial charge in [0.1, 0.15) is 0 Å². The molecule has 0 saturated heterocycles. The fourth-order valence-electron chi connectivity index (χ4n) is 1.99. The molecule has 1 aliphatic rings. The summed E-state index contributed by atoms with van der Waals surface area (Å²) >= 11 is 22.1. The Morgan fingerprint density at radius 1 is 1.32 bits per heavy atom. The van der Waals surface area contributed by atoms with Crippen molar-refractivity contribution in [2.24, 2.45) is 0 Å². The van der Waals surface area contributed by atoms with Gasteiger partial charge in [0.2, 0.25) is 0 Å². The molecule has 0 fully saturated rings. The fraction of sp³-hybridized carbons (Fsp3) is 0.235. The minimum absolute atomic E-state index is 0.284. The van der Waals surface area contributed by atoms with Crippen molar-refractivity contribution in [1.29, 1.82) is 5.41 Å². The summed E-state index contributed by atoms with van der Waals surface area (Å²) in [4.78, 5) is 0. The lowest BCUT2D eigenvalue weighted by Gasteiger charge is -2.09. The van der Waals surface area contributed by atoms with Crippen molar-refractivity contribution in [3.8, 4) is 0 Å². The molecule has 0 saturated carbocycles. The summed E-state index contributed by atoms with van der Waals surface area (Å²) in [6, 6.07) is 5.62. The second-order valence-electron chi connectivity index (χ2n) is 4.36. The van der Waals surface area contributed by atoms with Gasteiger partial charge < -0.3 is 5.41 Å². The molecule has 1 aromatic carbocycles. The van der Waals surface area contributed by atoms with E-state index in [0.717, 1.165) is 33.0 Å². The van der Waals surface area contributed by atoms with Crippen LogP contribution in [0.5, 0.6) is 0 Å². The fourth-order valence-corrected chi connectivity index (χ4v) is 3.28. The van der Waals surface area contributed by atoms with Crippen LogP contribution in [0.15, 0.2) is 44.9 Å². The van der Waals surface area contributed by atoms with Crippen LogP contribution in [-0.2, 0) is 0 Å². The van der Waals surface area contributed by atoms with Crippen LogP contribution < -0.4 is 0 Å². The van der Waals surface area contributed by atoms with Crippen LogP contribution in [0.1, 0.15) is 37.3 Å². The van der Waals surface area contributed by atoms with E-state index in [2.05, 4.69) is 15.9 Å². The van der Waals surface area contributed by atoms with Crippen LogP contribution in [0, 0.1) is 5.41 Å². The molecule has 0 heterocycles. The minimum atomic E-state index is -0.284. The van der Waals surface area contributed by atoms with Crippen LogP contribution in [-0.4, -0.2) is 6.21 Å². The molecule has 0 aromatic heterocycles. The van der Waals surface area contributed by atoms with E-state index in [-0.39, 0.29) is 5.38 Å². The predicted octanol–water partition coefficient (Wildman–Crippen LogP) is 7.48. The molecule has 1 N–H and O–H groups in total. The smallest absolute Gasteiger partial charge is 0.0781 e. The highest BCUT2D eigenvalue weighted by atomic mass is 79.9. The monoisotopic (exact) mass is 419 g/mol. The van der Waals surface area contributed by atoms with E-state index in [1.165, 1.54) is 0 Å². The third-order valence-corrected chi connectivity index (χ3v) is 4.73. The maximum Gasteiger partial charge on any atom is 0.0781 e. The highest BCUT2D eigenvalue weighted by Crippen LogP contribution is 2.39. The summed E-state index contributed by atoms with van der Waals surface area (Å²) in [5.41, 5.74) is 3.64. The number of allylic oxidation sites excluding steroid dienone is 5. The molecule has 0 bridgehead atoms. The third kappa shape index (κ3) is 4.48. The summed E-state index contributed by atoms with van der Waals surface area (Å²) in [5.74, 6) is 0. The molecule has 118 valence electrons. The average Bonchev–Trinajstić information content (AvgIpc) is 2.64. The number of rotatable bonds is 2. The standard InChI is InChI=1S/C15H11BrCl3N.C2H6/c1-8(15(19)7-20)12-6-14(18)11-3-2-10(17)4-9(11)5-13(12)16;1-2/h2-7,14,20H,1H3;1-2H3/b15-8+,20-7?;. The summed E-state index contributed by atoms with van der Waals surface area (Å²) in [6.45, 7) is 5.86. The van der Waals surface area contributed by atoms with Crippen molar-refractivity contribution in [2.45, 2.75) is 26.1 Å². The van der Waals surface area contributed by atoms with Gasteiger partial charge >= 0.3 is 0 Å². The van der Waals surface area contributed by atoms with Gasteiger partial charge in [-0.15, -0.1) is 11.6 Å². The molecule has 1 atom stereocenters. The molecule has 1 aromatic rings. The van der Waals surface area contributed by atoms with Crippen LogP contribution in [0.3, 0.4) is 0 Å². The van der Waals surface area contributed by atoms with Gasteiger partial charge in [0.15, 0.2) is 0 Å². The number of hydrogen-bond donors (Lipinski definition) is 1. The first kappa shape index (κ1) is 19.5. The number of nitrogens with one attached hydrogen (secondary N) is 1. The molecule has 5 heteroatoms. The zero-order valence-corrected chi connectivity index (χ0v) is 16.4. The Balaban J connectivity index is 0.00000116. The number of fused-ring (bicyclic) bond motifs is 1. The first-order valence-electron chi connectivity index (χ1n) is 6.84. The Labute approximate surface area is 155 Å². The molecule has 1 aliphatic carbocycles. The lowest BCUT2D eigenvalue weighted by atomic mass is 10.0. The van der Waals surface area contributed by atoms with E-state index in [0.29, 0.717) is 10.1 Å². The normalized spacial score (nSPS) is 17.9. The summed E-state index contributed by atoms with van der Waals surface area (Å²) in [6.07, 6.45) is 5.01. The first-order chi connectivity index (χ1) is 10.4. The van der Waals surface area contributed by atoms with Crippen molar-refractivity contribution >= 4 is 63.0 Å². The lowest BCUT2D eigenvalue weighted by Crippen LogP contribution is -1.92. The van der Waals surface area contributed by atoms with Crippen LogP contribution in [0.25, 0.3) is 6.08 Å². The van der Waals surface area contributed by atoms with Gasteiger partial charge in [-0.3, -0.25) is 0 Å². The van der Waals surface area contributed by atoms with Crippen LogP contribution in [0.2, 0.25) is 5.02 Å². The molecule has 0 radical (unpaired) electrons. The van der Waals surface area contributed by atoms with E-state index in [4.69, 9.17) is 40.2 Å². The minimum Gasteiger partial charge on any atom is -0.307 e. The van der Waals surface area contributed by atoms with Gasteiger partial charge in [0.05, 0.1) is 10.4 Å². The highest BCUT2D eigenvalue weighted by Gasteiger charge is 2.18. The van der Waals surface area contributed by atoms with E-state index in [9.17, 15) is 0 Å². The molecule has 0 amide bonds. The number of alkyl halides is 1. The Morgan fingerprint density at radius 2 is 1.95 bits per heavy atom. The zero-order valence-electron chi connectivity index (χ0n) is 12.6. The molecule has 2 rings (SSSR count). The molecular formula is C17H17BrCl3N. The van der Waals surface area contributed by atoms with Gasteiger partial charge in [0.25, 0.3) is 0 Å². The molecule has 1 nitrogen and oxygen atoms in total. The molecule has 0 aliphatic heterocycles. The van der Waals surface area contributed by atoms with Crippen molar-refractivity contribution in [3.63, 3.8) is 0 Å². The highest BCUT2D eigenvalue weighted by molar-refractivity contribution is 9.12. The van der Waals surface area contributed by atoms with E-state index < -0.39 is 0 Å². The van der Waals surface area contributed by atoms with Gasteiger partial charge in [-0.25, -0.2) is 0 Å². The van der Waals surface area contributed by atoms with Gasteiger partial charge in [0, 0.05) is 15.7 Å². The Morgan fingerprint density at radius 3 is 2.55 bits per heavy atom. The number of halogens is 4. The quantitative estimate of drug-likeness (QED) is 0.378. The van der Waals surface area contributed by atoms with Crippen LogP contribution >= 0.6 is 50.7 Å². The van der Waals surface area contributed by atoms with Gasteiger partial charge in [-0.2, -0.15) is 0 Å². The van der Waals surface area contributed by atoms with E-state index in [1.54, 1.807) is 0 Å². The van der Waals surface area contributed by atoms with Crippen LogP contribution in [0.4, 0.5) is 0 Å². The van der Waals surface area contributed by atoms with Gasteiger partial charge in [-0.1, -0.05) is 65.1 Å². The summed E-state index contributed by atoms with van der Waals surface area (Å²) in [7, 11) is 0. The molecule has 22 heavy (non-hydrogen) atoms. The Bertz CT molecular complexity index is 660. The van der Waals surface area contributed by atoms with Crippen molar-refractivity contribution in [1.82, 2.24) is 0 Å². The maximum absolute atomic E-state index is 7.26. The second kappa shape index (κ2) is 8.93. The molecule has 1 unspecified atom stereocenters. The average molecular weight is 422 g/mol. The number of hydrogen-bond acceptors (Lipinski definition) is 1. The molecule has 0 spiro atoms. The third-order valence-electron chi connectivity index (χ3n) is 3.09. The largest absolute Gasteiger partial charge is 0.307 e. The summed E-state index contributed by atoms with van der Waals surface area (Å²) in [5, 5.41) is 8.02. The second-order valence-corrected chi connectivity index (χ2v) is 6.53. The zero-order chi connectivity index (χ0) is 16.9. The van der Waals surface area contributed by atoms with E-state index in [1.807, 2.05) is 51.1 Å². The van der Waals surface area contributed by atoms with Crippen molar-refractivity contribution < 1.29 is 0 Å². The summed E-state index contributed by atoms with van der Waals surface area (Å²) < 4.78 is 0.863. The maximum atomic E-state index is 7.26. The van der Waals surface area contributed by atoms with Crippen molar-refractivity contribution in [2.75, 3.05) is 0 Å². The first-order valence-corrected chi connectivity index (χ1v) is 8.82. The molecular weight excluding hydrogens is 404 g/mol. The van der Waals surface area contributed by atoms with Crippen molar-refractivity contribution in [3.05, 3.63) is 61.1 Å². The van der Waals surface area contributed by atoms with E-state index >= 15 is 0 Å². The Hall–Kier alpha value is -0.540. The van der Waals surface area contributed by atoms with Gasteiger partial charge in [-0.05, 0) is 47.4 Å². The number of benzene rings is 1. The Kier molecular flexibility index (Phi) is 7.92.